The Morgan fingerprint density at radius 3 is 2.62 bits per heavy atom. The number of esters is 1. The molecule has 0 atom stereocenters. The molecule has 8 nitrogen and oxygen atoms in total. The first kappa shape index (κ1) is 17.7. The van der Waals surface area contributed by atoms with E-state index in [-0.39, 0.29) is 6.54 Å². The summed E-state index contributed by atoms with van der Waals surface area (Å²) in [6, 6.07) is 4.51. The van der Waals surface area contributed by atoms with E-state index in [4.69, 9.17) is 16.3 Å². The summed E-state index contributed by atoms with van der Waals surface area (Å²) >= 11 is 5.99. The lowest BCUT2D eigenvalue weighted by molar-refractivity contribution is -0.149. The molecule has 1 aromatic rings. The van der Waals surface area contributed by atoms with Crippen LogP contribution >= 0.6 is 11.6 Å². The van der Waals surface area contributed by atoms with Crippen LogP contribution in [0, 0.1) is 6.92 Å². The summed E-state index contributed by atoms with van der Waals surface area (Å²) < 4.78 is 4.77. The van der Waals surface area contributed by atoms with Gasteiger partial charge in [0.1, 0.15) is 13.1 Å². The predicted molar refractivity (Wildman–Crippen MR) is 85.5 cm³/mol. The van der Waals surface area contributed by atoms with Crippen molar-refractivity contribution in [2.45, 2.75) is 6.92 Å². The standard InChI is InChI=1S/C15H16ClN3O5/c1-9-3-4-11(10(16)5-9)17-12(20)8-24-14(22)7-19-13(21)6-18(2)15(19)23/h3-5H,6-8H2,1-2H3,(H,17,20). The van der Waals surface area contributed by atoms with Gasteiger partial charge in [-0.3, -0.25) is 19.3 Å². The van der Waals surface area contributed by atoms with E-state index < -0.39 is 37.0 Å². The molecule has 0 radical (unpaired) electrons. The lowest BCUT2D eigenvalue weighted by Gasteiger charge is -2.13. The molecule has 1 N–H and O–H groups in total. The van der Waals surface area contributed by atoms with Crippen molar-refractivity contribution in [2.75, 3.05) is 32.1 Å². The summed E-state index contributed by atoms with van der Waals surface area (Å²) in [5.41, 5.74) is 1.34. The number of amides is 4. The Kier molecular flexibility index (Phi) is 5.40. The minimum absolute atomic E-state index is 0.0848. The van der Waals surface area contributed by atoms with Gasteiger partial charge in [-0.25, -0.2) is 4.79 Å². The Labute approximate surface area is 143 Å². The minimum Gasteiger partial charge on any atom is -0.454 e. The number of imide groups is 1. The minimum atomic E-state index is -0.850. The largest absolute Gasteiger partial charge is 0.454 e. The number of carbonyl (C=O) groups is 4. The van der Waals surface area contributed by atoms with Gasteiger partial charge in [0.25, 0.3) is 11.8 Å². The van der Waals surface area contributed by atoms with Crippen molar-refractivity contribution in [3.8, 4) is 0 Å². The Bertz CT molecular complexity index is 706. The van der Waals surface area contributed by atoms with Gasteiger partial charge in [0, 0.05) is 7.05 Å². The average molecular weight is 354 g/mol. The van der Waals surface area contributed by atoms with Gasteiger partial charge in [-0.2, -0.15) is 0 Å². The molecule has 0 unspecified atom stereocenters. The van der Waals surface area contributed by atoms with Crippen molar-refractivity contribution in [2.24, 2.45) is 0 Å². The summed E-state index contributed by atoms with van der Waals surface area (Å²) in [7, 11) is 1.45. The highest BCUT2D eigenvalue weighted by atomic mass is 35.5. The number of nitrogens with zero attached hydrogens (tertiary/aromatic N) is 2. The highest BCUT2D eigenvalue weighted by Crippen LogP contribution is 2.22. The van der Waals surface area contributed by atoms with Crippen molar-refractivity contribution in [3.05, 3.63) is 28.8 Å². The third-order valence-corrected chi connectivity index (χ3v) is 3.59. The van der Waals surface area contributed by atoms with E-state index in [1.807, 2.05) is 6.92 Å². The Balaban J connectivity index is 1.82. The fraction of sp³-hybridized carbons (Fsp3) is 0.333. The van der Waals surface area contributed by atoms with E-state index in [1.165, 1.54) is 11.9 Å². The summed E-state index contributed by atoms with van der Waals surface area (Å²) in [6.45, 7) is 0.700. The quantitative estimate of drug-likeness (QED) is 0.630. The fourth-order valence-corrected chi connectivity index (χ4v) is 2.34. The molecule has 1 heterocycles. The van der Waals surface area contributed by atoms with Crippen LogP contribution < -0.4 is 5.32 Å². The number of carbonyl (C=O) groups excluding carboxylic acids is 4. The van der Waals surface area contributed by atoms with Gasteiger partial charge in [0.15, 0.2) is 6.61 Å². The number of nitrogens with one attached hydrogen (secondary N) is 1. The Morgan fingerprint density at radius 1 is 1.33 bits per heavy atom. The van der Waals surface area contributed by atoms with Crippen LogP contribution in [0.3, 0.4) is 0 Å². The highest BCUT2D eigenvalue weighted by Gasteiger charge is 2.35. The first-order valence-corrected chi connectivity index (χ1v) is 7.43. The number of anilines is 1. The number of urea groups is 1. The van der Waals surface area contributed by atoms with Crippen molar-refractivity contribution >= 4 is 41.1 Å². The van der Waals surface area contributed by atoms with Crippen LogP contribution in [-0.4, -0.2) is 60.4 Å². The number of likely N-dealkylation sites (N-methyl/N-ethyl adjacent to an activating group) is 1. The summed E-state index contributed by atoms with van der Waals surface area (Å²) in [5, 5.41) is 2.87. The summed E-state index contributed by atoms with van der Waals surface area (Å²) in [6.07, 6.45) is 0. The zero-order chi connectivity index (χ0) is 17.9. The molecule has 9 heteroatoms. The van der Waals surface area contributed by atoms with Crippen LogP contribution in [-0.2, 0) is 19.1 Å². The van der Waals surface area contributed by atoms with E-state index >= 15 is 0 Å². The number of aryl methyl sites for hydroxylation is 1. The summed E-state index contributed by atoms with van der Waals surface area (Å²) in [4.78, 5) is 48.6. The van der Waals surface area contributed by atoms with Crippen LogP contribution in [0.1, 0.15) is 5.56 Å². The third-order valence-electron chi connectivity index (χ3n) is 3.28. The van der Waals surface area contributed by atoms with Gasteiger partial charge in [-0.05, 0) is 24.6 Å². The number of benzene rings is 1. The average Bonchev–Trinajstić information content (AvgIpc) is 2.74. The van der Waals surface area contributed by atoms with E-state index in [0.29, 0.717) is 10.7 Å². The maximum absolute atomic E-state index is 11.8. The van der Waals surface area contributed by atoms with Gasteiger partial charge in [0.2, 0.25) is 0 Å². The molecule has 128 valence electrons. The molecule has 1 aliphatic rings. The van der Waals surface area contributed by atoms with Gasteiger partial charge < -0.3 is 15.0 Å². The van der Waals surface area contributed by atoms with Crippen molar-refractivity contribution in [1.82, 2.24) is 9.80 Å². The van der Waals surface area contributed by atoms with Crippen LogP contribution in [0.25, 0.3) is 0 Å². The Hall–Kier alpha value is -2.61. The maximum Gasteiger partial charge on any atom is 0.327 e. The van der Waals surface area contributed by atoms with Crippen LogP contribution in [0.4, 0.5) is 10.5 Å². The maximum atomic E-state index is 11.8. The summed E-state index contributed by atoms with van der Waals surface area (Å²) in [5.74, 6) is -1.92. The van der Waals surface area contributed by atoms with Gasteiger partial charge in [-0.15, -0.1) is 0 Å². The fourth-order valence-electron chi connectivity index (χ4n) is 2.05. The van der Waals surface area contributed by atoms with Crippen molar-refractivity contribution < 1.29 is 23.9 Å². The van der Waals surface area contributed by atoms with Crippen molar-refractivity contribution in [3.63, 3.8) is 0 Å². The molecule has 1 aromatic carbocycles. The second-order valence-electron chi connectivity index (χ2n) is 5.31. The molecular formula is C15H16ClN3O5. The van der Waals surface area contributed by atoms with Gasteiger partial charge >= 0.3 is 12.0 Å². The second kappa shape index (κ2) is 7.31. The van der Waals surface area contributed by atoms with Crippen LogP contribution in [0.15, 0.2) is 18.2 Å². The molecule has 0 spiro atoms. The van der Waals surface area contributed by atoms with E-state index in [2.05, 4.69) is 5.32 Å². The zero-order valence-electron chi connectivity index (χ0n) is 13.2. The van der Waals surface area contributed by atoms with E-state index in [9.17, 15) is 19.2 Å². The molecule has 0 bridgehead atoms. The molecule has 0 saturated carbocycles. The lowest BCUT2D eigenvalue weighted by Crippen LogP contribution is -2.37. The molecule has 1 saturated heterocycles. The molecule has 1 aliphatic heterocycles. The van der Waals surface area contributed by atoms with Crippen molar-refractivity contribution in [1.29, 1.82) is 0 Å². The third kappa shape index (κ3) is 4.23. The second-order valence-corrected chi connectivity index (χ2v) is 5.72. The van der Waals surface area contributed by atoms with Crippen LogP contribution in [0.2, 0.25) is 5.02 Å². The SMILES string of the molecule is Cc1ccc(NC(=O)COC(=O)CN2C(=O)CN(C)C2=O)c(Cl)c1. The molecule has 0 aromatic heterocycles. The molecule has 1 fully saturated rings. The lowest BCUT2D eigenvalue weighted by atomic mass is 10.2. The van der Waals surface area contributed by atoms with Crippen LogP contribution in [0.5, 0.6) is 0 Å². The highest BCUT2D eigenvalue weighted by molar-refractivity contribution is 6.33. The topological polar surface area (TPSA) is 96.0 Å². The number of rotatable bonds is 5. The number of hydrogen-bond donors (Lipinski definition) is 1. The first-order valence-electron chi connectivity index (χ1n) is 7.05. The normalized spacial score (nSPS) is 14.1. The Morgan fingerprint density at radius 2 is 2.04 bits per heavy atom. The molecular weight excluding hydrogens is 338 g/mol. The molecule has 4 amide bonds. The molecule has 2 rings (SSSR count). The number of ether oxygens (including phenoxy) is 1. The zero-order valence-corrected chi connectivity index (χ0v) is 13.9. The van der Waals surface area contributed by atoms with E-state index in [1.54, 1.807) is 18.2 Å². The monoisotopic (exact) mass is 353 g/mol. The number of hydrogen-bond acceptors (Lipinski definition) is 5. The molecule has 24 heavy (non-hydrogen) atoms. The number of halogens is 1. The predicted octanol–water partition coefficient (Wildman–Crippen LogP) is 1.02. The molecule has 0 aliphatic carbocycles. The van der Waals surface area contributed by atoms with E-state index in [0.717, 1.165) is 10.5 Å². The first-order chi connectivity index (χ1) is 11.3. The van der Waals surface area contributed by atoms with Gasteiger partial charge in [-0.1, -0.05) is 17.7 Å². The smallest absolute Gasteiger partial charge is 0.327 e. The van der Waals surface area contributed by atoms with Gasteiger partial charge in [0.05, 0.1) is 10.7 Å².